The quantitative estimate of drug-likeness (QED) is 0.128. The van der Waals surface area contributed by atoms with E-state index in [1.165, 1.54) is 65.2 Å². The van der Waals surface area contributed by atoms with Crippen LogP contribution in [0.25, 0.3) is 0 Å². The fraction of sp³-hybridized carbons (Fsp3) is 0.136. The van der Waals surface area contributed by atoms with Crippen LogP contribution in [-0.2, 0) is 26.1 Å². The van der Waals surface area contributed by atoms with E-state index in [2.05, 4.69) is 187 Å². The third-order valence-electron chi connectivity index (χ3n) is 7.75. The van der Waals surface area contributed by atoms with Gasteiger partial charge in [0.1, 0.15) is 13.6 Å². The van der Waals surface area contributed by atoms with Gasteiger partial charge < -0.3 is 9.59 Å². The van der Waals surface area contributed by atoms with Gasteiger partial charge in [-0.05, 0) is 89.2 Å². The monoisotopic (exact) mass is 726 g/mol. The van der Waals surface area contributed by atoms with Gasteiger partial charge in [-0.2, -0.15) is 0 Å². The molecule has 254 valence electrons. The Morgan fingerprint density at radius 1 is 0.265 bits per heavy atom. The number of hydrogen-bond acceptors (Lipinski definition) is 2. The van der Waals surface area contributed by atoms with Crippen molar-refractivity contribution < 1.29 is 26.1 Å². The first-order chi connectivity index (χ1) is 23.3. The molecule has 0 saturated carbocycles. The minimum Gasteiger partial charge on any atom is -0.307 e. The van der Waals surface area contributed by atoms with Gasteiger partial charge in [0.2, 0.25) is 0 Å². The molecule has 0 amide bonds. The molecule has 0 spiro atoms. The van der Waals surface area contributed by atoms with Crippen LogP contribution < -0.4 is 31.8 Å². The van der Waals surface area contributed by atoms with Gasteiger partial charge in [0.05, 0.1) is 0 Å². The normalized spacial score (nSPS) is 9.96. The van der Waals surface area contributed by atoms with Crippen LogP contribution in [0.4, 0.5) is 0 Å². The van der Waals surface area contributed by atoms with E-state index in [1.807, 2.05) is 13.6 Å². The third kappa shape index (κ3) is 12.1. The summed E-state index contributed by atoms with van der Waals surface area (Å²) in [5.41, 5.74) is 7.87. The predicted octanol–water partition coefficient (Wildman–Crippen LogP) is 8.37. The SMILES string of the molecule is C=O.C=O.Cc1ccc(P(c2ccc(C)cc2)c2ccc(C)cc2)cc1.Cc1ccc(P(c2ccc(C)cc2)c2ccc(C)cc2)cc1.[Ni]. The summed E-state index contributed by atoms with van der Waals surface area (Å²) >= 11 is 0. The molecule has 0 aliphatic carbocycles. The van der Waals surface area contributed by atoms with Crippen molar-refractivity contribution in [2.75, 3.05) is 0 Å². The standard InChI is InChI=1S/2C21H21P.2CH2O.Ni/c2*1-16-4-10-19(11-5-16)22(20-12-6-17(2)7-13-20)21-14-8-18(3)9-15-21;2*1-2;/h2*4-15H,1-3H3;2*1H2;. The molecule has 0 unspecified atom stereocenters. The van der Waals surface area contributed by atoms with Gasteiger partial charge in [-0.1, -0.05) is 179 Å². The van der Waals surface area contributed by atoms with E-state index < -0.39 is 15.8 Å². The summed E-state index contributed by atoms with van der Waals surface area (Å²) in [4.78, 5) is 16.0. The van der Waals surface area contributed by atoms with E-state index >= 15 is 0 Å². The smallest absolute Gasteiger partial charge is 0.106 e. The first-order valence-electron chi connectivity index (χ1n) is 15.8. The molecular formula is C44H46NiO2P2. The van der Waals surface area contributed by atoms with Crippen molar-refractivity contribution in [2.45, 2.75) is 41.5 Å². The van der Waals surface area contributed by atoms with Crippen LogP contribution in [-0.4, -0.2) is 13.6 Å². The van der Waals surface area contributed by atoms with Crippen molar-refractivity contribution in [1.82, 2.24) is 0 Å². The maximum absolute atomic E-state index is 8.00. The number of carbonyl (C=O) groups excluding carboxylic acids is 2. The second-order valence-corrected chi connectivity index (χ2v) is 16.1. The van der Waals surface area contributed by atoms with Gasteiger partial charge in [0, 0.05) is 16.5 Å². The summed E-state index contributed by atoms with van der Waals surface area (Å²) in [5.74, 6) is 0. The Kier molecular flexibility index (Phi) is 17.8. The summed E-state index contributed by atoms with van der Waals surface area (Å²) in [6.07, 6.45) is 0. The van der Waals surface area contributed by atoms with Gasteiger partial charge >= 0.3 is 0 Å². The number of carbonyl (C=O) groups is 2. The largest absolute Gasteiger partial charge is 0.307 e. The predicted molar refractivity (Wildman–Crippen MR) is 213 cm³/mol. The second-order valence-electron chi connectivity index (χ2n) is 11.7. The second kappa shape index (κ2) is 21.2. The summed E-state index contributed by atoms with van der Waals surface area (Å²) in [7, 11) is -0.966. The maximum Gasteiger partial charge on any atom is 0.106 e. The van der Waals surface area contributed by atoms with Crippen LogP contribution in [0.1, 0.15) is 33.4 Å². The van der Waals surface area contributed by atoms with Gasteiger partial charge in [0.15, 0.2) is 0 Å². The average Bonchev–Trinajstić information content (AvgIpc) is 3.12. The molecule has 6 aromatic carbocycles. The van der Waals surface area contributed by atoms with E-state index in [4.69, 9.17) is 9.59 Å². The summed E-state index contributed by atoms with van der Waals surface area (Å²) in [6, 6.07) is 53.9. The van der Waals surface area contributed by atoms with Gasteiger partial charge in [-0.3, -0.25) is 0 Å². The Hall–Kier alpha value is -3.99. The fourth-order valence-electron chi connectivity index (χ4n) is 5.06. The van der Waals surface area contributed by atoms with Crippen LogP contribution in [0.2, 0.25) is 0 Å². The molecule has 0 fully saturated rings. The molecule has 6 rings (SSSR count). The fourth-order valence-corrected chi connectivity index (χ4v) is 9.53. The Labute approximate surface area is 306 Å². The van der Waals surface area contributed by atoms with Crippen molar-refractivity contribution in [3.63, 3.8) is 0 Å². The number of benzene rings is 6. The maximum atomic E-state index is 8.00. The molecule has 0 N–H and O–H groups in total. The molecule has 0 atom stereocenters. The van der Waals surface area contributed by atoms with Crippen molar-refractivity contribution in [1.29, 1.82) is 0 Å². The van der Waals surface area contributed by atoms with Crippen LogP contribution in [0.3, 0.4) is 0 Å². The molecule has 0 aliphatic rings. The van der Waals surface area contributed by atoms with Crippen LogP contribution in [0, 0.1) is 41.5 Å². The van der Waals surface area contributed by atoms with Crippen molar-refractivity contribution >= 4 is 61.2 Å². The van der Waals surface area contributed by atoms with E-state index in [9.17, 15) is 0 Å². The first kappa shape index (κ1) is 41.2. The zero-order valence-corrected chi connectivity index (χ0v) is 32.1. The average molecular weight is 727 g/mol. The first-order valence-corrected chi connectivity index (χ1v) is 18.5. The van der Waals surface area contributed by atoms with Crippen LogP contribution in [0.15, 0.2) is 146 Å². The molecule has 5 heteroatoms. The minimum atomic E-state index is -0.483. The minimum absolute atomic E-state index is 0. The van der Waals surface area contributed by atoms with E-state index in [1.54, 1.807) is 0 Å². The molecule has 6 aromatic rings. The number of aryl methyl sites for hydroxylation is 6. The van der Waals surface area contributed by atoms with Crippen LogP contribution >= 0.6 is 15.8 Å². The third-order valence-corrected chi connectivity index (χ3v) is 12.6. The summed E-state index contributed by atoms with van der Waals surface area (Å²) in [6.45, 7) is 16.9. The Morgan fingerprint density at radius 2 is 0.367 bits per heavy atom. The molecule has 0 aliphatic heterocycles. The van der Waals surface area contributed by atoms with Crippen LogP contribution in [0.5, 0.6) is 0 Å². The van der Waals surface area contributed by atoms with E-state index in [-0.39, 0.29) is 16.5 Å². The molecule has 49 heavy (non-hydrogen) atoms. The topological polar surface area (TPSA) is 34.1 Å². The molecule has 0 heterocycles. The Bertz CT molecular complexity index is 1450. The summed E-state index contributed by atoms with van der Waals surface area (Å²) in [5, 5.41) is 8.46. The van der Waals surface area contributed by atoms with Crippen molar-refractivity contribution in [3.8, 4) is 0 Å². The molecular weight excluding hydrogens is 681 g/mol. The van der Waals surface area contributed by atoms with Gasteiger partial charge in [-0.25, -0.2) is 0 Å². The Balaban J connectivity index is 0.000000303. The van der Waals surface area contributed by atoms with Crippen molar-refractivity contribution in [3.05, 3.63) is 179 Å². The van der Waals surface area contributed by atoms with Gasteiger partial charge in [0.25, 0.3) is 0 Å². The molecule has 2 nitrogen and oxygen atoms in total. The molecule has 0 aromatic heterocycles. The van der Waals surface area contributed by atoms with Crippen molar-refractivity contribution in [2.24, 2.45) is 0 Å². The summed E-state index contributed by atoms with van der Waals surface area (Å²) < 4.78 is 0. The number of hydrogen-bond donors (Lipinski definition) is 0. The number of rotatable bonds is 6. The zero-order chi connectivity index (χ0) is 35.1. The van der Waals surface area contributed by atoms with E-state index in [0.29, 0.717) is 0 Å². The molecule has 0 bridgehead atoms. The molecule has 0 radical (unpaired) electrons. The molecule has 0 saturated heterocycles. The Morgan fingerprint density at radius 3 is 0.469 bits per heavy atom. The van der Waals surface area contributed by atoms with E-state index in [0.717, 1.165) is 0 Å². The van der Waals surface area contributed by atoms with Gasteiger partial charge in [-0.15, -0.1) is 0 Å². The zero-order valence-electron chi connectivity index (χ0n) is 29.3.